The fraction of sp³-hybridized carbons (Fsp3) is 0.400. The van der Waals surface area contributed by atoms with Gasteiger partial charge in [-0.15, -0.1) is 0 Å². The molecule has 1 aliphatic rings. The Balaban J connectivity index is 1.77. The number of nitrogens with zero attached hydrogens (tertiary/aromatic N) is 2. The van der Waals surface area contributed by atoms with Crippen LogP contribution in [0.2, 0.25) is 0 Å². The van der Waals surface area contributed by atoms with Crippen molar-refractivity contribution in [1.29, 1.82) is 0 Å². The van der Waals surface area contributed by atoms with Crippen LogP contribution < -0.4 is 16.4 Å². The Labute approximate surface area is 178 Å². The minimum absolute atomic E-state index is 0.181. The van der Waals surface area contributed by atoms with Crippen LogP contribution in [0, 0.1) is 6.92 Å². The molecule has 4 N–H and O–H groups in total. The van der Waals surface area contributed by atoms with Gasteiger partial charge in [-0.1, -0.05) is 35.5 Å². The van der Waals surface area contributed by atoms with E-state index in [-0.39, 0.29) is 30.6 Å². The van der Waals surface area contributed by atoms with E-state index >= 15 is 0 Å². The van der Waals surface area contributed by atoms with E-state index < -0.39 is 17.6 Å². The van der Waals surface area contributed by atoms with Crippen molar-refractivity contribution in [3.05, 3.63) is 53.4 Å². The van der Waals surface area contributed by atoms with Crippen molar-refractivity contribution in [3.63, 3.8) is 0 Å². The van der Waals surface area contributed by atoms with Crippen molar-refractivity contribution in [1.82, 2.24) is 20.7 Å². The number of primary amides is 1. The van der Waals surface area contributed by atoms with Gasteiger partial charge in [0.05, 0.1) is 0 Å². The van der Waals surface area contributed by atoms with Crippen LogP contribution in [-0.2, 0) is 10.3 Å². The largest absolute Gasteiger partial charge is 0.361 e. The molecule has 0 unspecified atom stereocenters. The summed E-state index contributed by atoms with van der Waals surface area (Å²) < 4.78 is 4.99. The van der Waals surface area contributed by atoms with Gasteiger partial charge in [-0.3, -0.25) is 9.59 Å². The Hall–Kier alpha value is -3.01. The van der Waals surface area contributed by atoms with E-state index in [1.54, 1.807) is 29.7 Å². The molecule has 10 heteroatoms. The van der Waals surface area contributed by atoms with Gasteiger partial charge < -0.3 is 25.8 Å². The maximum atomic E-state index is 13.0. The number of hydrogen-bond donors (Lipinski definition) is 3. The Morgan fingerprint density at radius 1 is 1.30 bits per heavy atom. The fourth-order valence-corrected chi connectivity index (χ4v) is 3.96. The zero-order valence-corrected chi connectivity index (χ0v) is 17.7. The molecule has 3 rings (SSSR count). The summed E-state index contributed by atoms with van der Waals surface area (Å²) >= 11 is 1.58. The topological polar surface area (TPSA) is 131 Å². The first-order valence-corrected chi connectivity index (χ1v) is 10.9. The molecule has 0 spiro atoms. The van der Waals surface area contributed by atoms with Gasteiger partial charge >= 0.3 is 6.03 Å². The van der Waals surface area contributed by atoms with Crippen molar-refractivity contribution in [3.8, 4) is 0 Å². The molecule has 2 heterocycles. The molecule has 30 heavy (non-hydrogen) atoms. The lowest BCUT2D eigenvalue weighted by Crippen LogP contribution is -2.71. The number of aromatic nitrogens is 1. The van der Waals surface area contributed by atoms with Crippen molar-refractivity contribution >= 4 is 29.6 Å². The summed E-state index contributed by atoms with van der Waals surface area (Å²) in [5.41, 5.74) is 5.55. The zero-order valence-electron chi connectivity index (χ0n) is 16.9. The van der Waals surface area contributed by atoms with Crippen LogP contribution in [0.5, 0.6) is 0 Å². The maximum absolute atomic E-state index is 13.0. The number of rotatable bonds is 8. The van der Waals surface area contributed by atoms with Crippen LogP contribution in [0.3, 0.4) is 0 Å². The highest BCUT2D eigenvalue weighted by Gasteiger charge is 2.49. The van der Waals surface area contributed by atoms with E-state index in [4.69, 9.17) is 10.3 Å². The molecule has 1 aromatic heterocycles. The first kappa shape index (κ1) is 21.7. The number of carbonyl (C=O) groups is 3. The lowest BCUT2D eigenvalue weighted by Gasteiger charge is -2.51. The van der Waals surface area contributed by atoms with Gasteiger partial charge in [-0.25, -0.2) is 4.79 Å². The SMILES string of the molecule is CSCC[C@H](NC(N)=O)C(=O)N1CC(NC(=O)c2cc(C)on2)(c2ccccc2)C1. The van der Waals surface area contributed by atoms with Gasteiger partial charge in [0, 0.05) is 19.2 Å². The third kappa shape index (κ3) is 4.76. The molecule has 0 aliphatic carbocycles. The van der Waals surface area contributed by atoms with Gasteiger partial charge in [-0.2, -0.15) is 11.8 Å². The van der Waals surface area contributed by atoms with Crippen molar-refractivity contribution in [2.24, 2.45) is 5.73 Å². The van der Waals surface area contributed by atoms with E-state index in [1.807, 2.05) is 36.6 Å². The van der Waals surface area contributed by atoms with E-state index in [1.165, 1.54) is 0 Å². The summed E-state index contributed by atoms with van der Waals surface area (Å²) in [4.78, 5) is 38.6. The maximum Gasteiger partial charge on any atom is 0.312 e. The Morgan fingerprint density at radius 3 is 2.57 bits per heavy atom. The van der Waals surface area contributed by atoms with Gasteiger partial charge in [0.1, 0.15) is 17.3 Å². The van der Waals surface area contributed by atoms with Gasteiger partial charge in [0.25, 0.3) is 5.91 Å². The molecule has 0 radical (unpaired) electrons. The third-order valence-corrected chi connectivity index (χ3v) is 5.64. The number of aryl methyl sites for hydroxylation is 1. The predicted octanol–water partition coefficient (Wildman–Crippen LogP) is 1.24. The molecule has 1 aliphatic heterocycles. The second kappa shape index (κ2) is 9.21. The van der Waals surface area contributed by atoms with Gasteiger partial charge in [-0.05, 0) is 30.9 Å². The molecule has 160 valence electrons. The van der Waals surface area contributed by atoms with Crippen molar-refractivity contribution in [2.75, 3.05) is 25.1 Å². The highest BCUT2D eigenvalue weighted by molar-refractivity contribution is 7.98. The zero-order chi connectivity index (χ0) is 21.7. The predicted molar refractivity (Wildman–Crippen MR) is 113 cm³/mol. The molecule has 0 saturated carbocycles. The highest BCUT2D eigenvalue weighted by atomic mass is 32.2. The summed E-state index contributed by atoms with van der Waals surface area (Å²) in [5.74, 6) is 0.641. The van der Waals surface area contributed by atoms with Crippen LogP contribution in [-0.4, -0.2) is 59.0 Å². The number of amides is 4. The Morgan fingerprint density at radius 2 is 2.00 bits per heavy atom. The van der Waals surface area contributed by atoms with Crippen LogP contribution in [0.15, 0.2) is 40.9 Å². The summed E-state index contributed by atoms with van der Waals surface area (Å²) in [7, 11) is 0. The smallest absolute Gasteiger partial charge is 0.312 e. The number of carbonyl (C=O) groups excluding carboxylic acids is 3. The molecule has 1 aromatic carbocycles. The van der Waals surface area contributed by atoms with E-state index in [2.05, 4.69) is 15.8 Å². The number of urea groups is 1. The molecule has 4 amide bonds. The number of thioether (sulfide) groups is 1. The average Bonchev–Trinajstić information content (AvgIpc) is 3.14. The highest BCUT2D eigenvalue weighted by Crippen LogP contribution is 2.33. The number of likely N-dealkylation sites (tertiary alicyclic amines) is 1. The van der Waals surface area contributed by atoms with E-state index in [9.17, 15) is 14.4 Å². The average molecular weight is 432 g/mol. The first-order valence-electron chi connectivity index (χ1n) is 9.50. The van der Waals surface area contributed by atoms with Crippen LogP contribution in [0.25, 0.3) is 0 Å². The fourth-order valence-electron chi connectivity index (χ4n) is 3.49. The monoisotopic (exact) mass is 431 g/mol. The standard InChI is InChI=1S/C20H25N5O4S/c1-13-10-16(24-29-13)17(26)23-20(14-6-4-3-5-7-14)11-25(12-20)18(27)15(8-9-30-2)22-19(21)28/h3-7,10,15H,8-9,11-12H2,1-2H3,(H,23,26)(H3,21,22,28)/t15-/m0/s1. The van der Waals surface area contributed by atoms with E-state index in [0.717, 1.165) is 5.56 Å². The van der Waals surface area contributed by atoms with Crippen LogP contribution in [0.4, 0.5) is 4.79 Å². The lowest BCUT2D eigenvalue weighted by molar-refractivity contribution is -0.142. The summed E-state index contributed by atoms with van der Waals surface area (Å²) in [6.07, 6.45) is 2.40. The molecule has 0 bridgehead atoms. The van der Waals surface area contributed by atoms with Crippen LogP contribution >= 0.6 is 11.8 Å². The minimum Gasteiger partial charge on any atom is -0.361 e. The third-order valence-electron chi connectivity index (χ3n) is 5.00. The Kier molecular flexibility index (Phi) is 6.66. The minimum atomic E-state index is -0.752. The second-order valence-corrected chi connectivity index (χ2v) is 8.25. The lowest BCUT2D eigenvalue weighted by atomic mass is 9.81. The Bertz CT molecular complexity index is 911. The number of hydrogen-bond acceptors (Lipinski definition) is 6. The molecule has 1 fully saturated rings. The molecule has 2 aromatic rings. The first-order chi connectivity index (χ1) is 14.3. The molecular weight excluding hydrogens is 406 g/mol. The van der Waals surface area contributed by atoms with E-state index in [0.29, 0.717) is 17.9 Å². The number of nitrogens with one attached hydrogen (secondary N) is 2. The normalized spacial score (nSPS) is 15.7. The number of nitrogens with two attached hydrogens (primary N) is 1. The van der Waals surface area contributed by atoms with Crippen molar-refractivity contribution in [2.45, 2.75) is 24.9 Å². The molecule has 1 saturated heterocycles. The quantitative estimate of drug-likeness (QED) is 0.576. The second-order valence-electron chi connectivity index (χ2n) is 7.26. The van der Waals surface area contributed by atoms with Gasteiger partial charge in [0.15, 0.2) is 5.69 Å². The van der Waals surface area contributed by atoms with Crippen LogP contribution in [0.1, 0.15) is 28.2 Å². The van der Waals surface area contributed by atoms with Crippen molar-refractivity contribution < 1.29 is 18.9 Å². The summed E-state index contributed by atoms with van der Waals surface area (Å²) in [6.45, 7) is 2.25. The molecular formula is C20H25N5O4S. The molecule has 9 nitrogen and oxygen atoms in total. The summed E-state index contributed by atoms with van der Waals surface area (Å²) in [6, 6.07) is 9.58. The van der Waals surface area contributed by atoms with Gasteiger partial charge in [0.2, 0.25) is 5.91 Å². The molecule has 1 atom stereocenters. The summed E-state index contributed by atoms with van der Waals surface area (Å²) in [5, 5.41) is 9.31. The number of benzene rings is 1.